The van der Waals surface area contributed by atoms with Crippen LogP contribution >= 0.6 is 11.8 Å². The van der Waals surface area contributed by atoms with E-state index in [9.17, 15) is 18.0 Å². The Labute approximate surface area is 191 Å². The molecule has 32 heavy (non-hydrogen) atoms. The van der Waals surface area contributed by atoms with E-state index < -0.39 is 11.7 Å². The van der Waals surface area contributed by atoms with Crippen LogP contribution in [0.15, 0.2) is 48.5 Å². The number of carbonyl (C=O) groups excluding carboxylic acids is 1. The van der Waals surface area contributed by atoms with Crippen molar-refractivity contribution in [1.29, 1.82) is 0 Å². The van der Waals surface area contributed by atoms with Gasteiger partial charge in [0.15, 0.2) is 5.37 Å². The van der Waals surface area contributed by atoms with Gasteiger partial charge in [0.05, 0.1) is 17.9 Å². The number of amides is 1. The molecule has 1 amide bonds. The highest BCUT2D eigenvalue weighted by molar-refractivity contribution is 8.00. The number of benzene rings is 2. The molecule has 1 atom stereocenters. The Morgan fingerprint density at radius 2 is 1.66 bits per heavy atom. The summed E-state index contributed by atoms with van der Waals surface area (Å²) in [5.41, 5.74) is 0.135. The summed E-state index contributed by atoms with van der Waals surface area (Å²) in [6.07, 6.45) is -4.43. The molecule has 0 saturated carbocycles. The van der Waals surface area contributed by atoms with Gasteiger partial charge in [-0.25, -0.2) is 4.59 Å². The molecule has 1 aliphatic rings. The smallest absolute Gasteiger partial charge is 0.416 e. The molecule has 0 radical (unpaired) electrons. The van der Waals surface area contributed by atoms with Crippen LogP contribution in [0.4, 0.5) is 13.2 Å². The number of nitrogens with zero attached hydrogens (tertiary/aromatic N) is 2. The van der Waals surface area contributed by atoms with Crippen molar-refractivity contribution in [1.82, 2.24) is 5.01 Å². The van der Waals surface area contributed by atoms with Gasteiger partial charge in [0.2, 0.25) is 0 Å². The number of thioether (sulfide) groups is 1. The van der Waals surface area contributed by atoms with E-state index in [0.717, 1.165) is 24.2 Å². The summed E-state index contributed by atoms with van der Waals surface area (Å²) in [6.45, 7) is 11.4. The molecule has 0 N–H and O–H groups in total. The SMILES string of the molecule is CC[N+](C(C)C)(C(C)C)N1C(=O)CSC1c1cccc(Oc2cccc(C(F)(F)F)c2)c1. The van der Waals surface area contributed by atoms with Gasteiger partial charge in [-0.2, -0.15) is 18.2 Å². The van der Waals surface area contributed by atoms with Crippen molar-refractivity contribution in [3.8, 4) is 11.5 Å². The fraction of sp³-hybridized carbons (Fsp3) is 0.458. The number of quaternary nitrogens is 1. The van der Waals surface area contributed by atoms with Gasteiger partial charge in [-0.1, -0.05) is 18.2 Å². The van der Waals surface area contributed by atoms with E-state index in [1.54, 1.807) is 17.8 Å². The van der Waals surface area contributed by atoms with E-state index in [1.807, 2.05) is 23.2 Å². The zero-order valence-electron chi connectivity index (χ0n) is 19.0. The number of hydrogen-bond donors (Lipinski definition) is 0. The van der Waals surface area contributed by atoms with Gasteiger partial charge in [0.25, 0.3) is 5.91 Å². The lowest BCUT2D eigenvalue weighted by molar-refractivity contribution is -1.06. The van der Waals surface area contributed by atoms with E-state index in [-0.39, 0.29) is 29.1 Å². The number of halogens is 3. The highest BCUT2D eigenvalue weighted by Gasteiger charge is 2.50. The summed E-state index contributed by atoms with van der Waals surface area (Å²) in [5, 5.41) is 1.78. The first kappa shape index (κ1) is 24.5. The molecule has 174 valence electrons. The van der Waals surface area contributed by atoms with Crippen LogP contribution in [0.1, 0.15) is 51.1 Å². The van der Waals surface area contributed by atoms with Gasteiger partial charge < -0.3 is 4.74 Å². The van der Waals surface area contributed by atoms with E-state index in [1.165, 1.54) is 12.1 Å². The number of rotatable bonds is 7. The van der Waals surface area contributed by atoms with E-state index in [4.69, 9.17) is 4.74 Å². The van der Waals surface area contributed by atoms with Crippen LogP contribution < -0.4 is 4.74 Å². The molecule has 3 rings (SSSR count). The van der Waals surface area contributed by atoms with Crippen molar-refractivity contribution >= 4 is 17.7 Å². The van der Waals surface area contributed by atoms with Gasteiger partial charge in [0, 0.05) is 0 Å². The standard InChI is InChI=1S/C24H30F3N2O2S/c1-6-29(16(2)3,17(4)5)28-22(30)15-32-23(28)18-9-7-11-20(13-18)31-21-12-8-10-19(14-21)24(25,26)27/h7-14,16-17,23H,6,15H2,1-5H3/q+1. The Morgan fingerprint density at radius 3 is 2.22 bits per heavy atom. The fourth-order valence-electron chi connectivity index (χ4n) is 4.64. The van der Waals surface area contributed by atoms with Crippen molar-refractivity contribution < 1.29 is 27.3 Å². The van der Waals surface area contributed by atoms with E-state index >= 15 is 0 Å². The summed E-state index contributed by atoms with van der Waals surface area (Å²) in [7, 11) is 0. The van der Waals surface area contributed by atoms with Crippen LogP contribution in [0.3, 0.4) is 0 Å². The predicted molar refractivity (Wildman–Crippen MR) is 121 cm³/mol. The van der Waals surface area contributed by atoms with Crippen LogP contribution in [0.5, 0.6) is 11.5 Å². The van der Waals surface area contributed by atoms with Crippen molar-refractivity contribution in [3.63, 3.8) is 0 Å². The highest BCUT2D eigenvalue weighted by atomic mass is 32.2. The molecule has 2 aromatic rings. The zero-order chi connectivity index (χ0) is 23.7. The maximum Gasteiger partial charge on any atom is 0.416 e. The van der Waals surface area contributed by atoms with Crippen LogP contribution in [0.25, 0.3) is 0 Å². The lowest BCUT2D eigenvalue weighted by atomic mass is 10.1. The molecule has 1 heterocycles. The molecular weight excluding hydrogens is 437 g/mol. The monoisotopic (exact) mass is 467 g/mol. The second kappa shape index (κ2) is 9.35. The molecule has 2 aromatic carbocycles. The molecule has 0 bridgehead atoms. The van der Waals surface area contributed by atoms with Crippen LogP contribution in [-0.2, 0) is 11.0 Å². The second-order valence-electron chi connectivity index (χ2n) is 8.49. The first-order valence-corrected chi connectivity index (χ1v) is 11.8. The Balaban J connectivity index is 1.94. The van der Waals surface area contributed by atoms with Crippen molar-refractivity contribution in [2.75, 3.05) is 12.3 Å². The predicted octanol–water partition coefficient (Wildman–Crippen LogP) is 6.64. The Hall–Kier alpha value is -2.19. The van der Waals surface area contributed by atoms with Crippen LogP contribution in [0, 0.1) is 0 Å². The first-order chi connectivity index (χ1) is 15.0. The quantitative estimate of drug-likeness (QED) is 0.428. The summed E-state index contributed by atoms with van der Waals surface area (Å²) in [5.74, 6) is 1.04. The zero-order valence-corrected chi connectivity index (χ0v) is 19.8. The largest absolute Gasteiger partial charge is 0.457 e. The third-order valence-corrected chi connectivity index (χ3v) is 7.28. The van der Waals surface area contributed by atoms with Crippen LogP contribution in [0.2, 0.25) is 0 Å². The van der Waals surface area contributed by atoms with Gasteiger partial charge in [0.1, 0.15) is 23.6 Å². The maximum atomic E-state index is 13.0. The number of ether oxygens (including phenoxy) is 1. The summed E-state index contributed by atoms with van der Waals surface area (Å²) < 4.78 is 45.4. The molecular formula is C24H30F3N2O2S+. The highest BCUT2D eigenvalue weighted by Crippen LogP contribution is 2.45. The van der Waals surface area contributed by atoms with E-state index in [0.29, 0.717) is 16.1 Å². The minimum atomic E-state index is -4.43. The molecule has 0 spiro atoms. The average Bonchev–Trinajstić information content (AvgIpc) is 3.10. The Morgan fingerprint density at radius 1 is 1.06 bits per heavy atom. The van der Waals surface area contributed by atoms with Crippen LogP contribution in [-0.4, -0.2) is 39.9 Å². The molecule has 0 aromatic heterocycles. The third kappa shape index (κ3) is 4.62. The van der Waals surface area contributed by atoms with Crippen molar-refractivity contribution in [3.05, 3.63) is 59.7 Å². The third-order valence-electron chi connectivity index (χ3n) is 6.08. The minimum absolute atomic E-state index is 0.0912. The number of alkyl halides is 3. The molecule has 1 saturated heterocycles. The Bertz CT molecular complexity index is 954. The summed E-state index contributed by atoms with van der Waals surface area (Å²) >= 11 is 1.57. The minimum Gasteiger partial charge on any atom is -0.457 e. The Kier molecular flexibility index (Phi) is 7.15. The lowest BCUT2D eigenvalue weighted by Crippen LogP contribution is -2.68. The van der Waals surface area contributed by atoms with Crippen molar-refractivity contribution in [2.45, 2.75) is 58.3 Å². The molecule has 1 aliphatic heterocycles. The topological polar surface area (TPSA) is 29.5 Å². The molecule has 8 heteroatoms. The number of carbonyl (C=O) groups is 1. The normalized spacial score (nSPS) is 17.5. The van der Waals surface area contributed by atoms with Gasteiger partial charge in [-0.15, -0.1) is 11.8 Å². The average molecular weight is 468 g/mol. The fourth-order valence-corrected chi connectivity index (χ4v) is 5.84. The number of hydrogen-bond acceptors (Lipinski definition) is 3. The molecule has 1 fully saturated rings. The second-order valence-corrected chi connectivity index (χ2v) is 9.56. The molecule has 4 nitrogen and oxygen atoms in total. The van der Waals surface area contributed by atoms with E-state index in [2.05, 4.69) is 34.6 Å². The molecule has 1 unspecified atom stereocenters. The molecule has 0 aliphatic carbocycles. The van der Waals surface area contributed by atoms with Crippen molar-refractivity contribution in [2.24, 2.45) is 0 Å². The maximum absolute atomic E-state index is 13.0. The van der Waals surface area contributed by atoms with Gasteiger partial charge in [-0.05, 0) is 70.5 Å². The lowest BCUT2D eigenvalue weighted by Gasteiger charge is -2.51. The van der Waals surface area contributed by atoms with Gasteiger partial charge in [-0.3, -0.25) is 4.79 Å². The summed E-state index contributed by atoms with van der Waals surface area (Å²) in [6, 6.07) is 12.5. The summed E-state index contributed by atoms with van der Waals surface area (Å²) in [4.78, 5) is 13.0. The van der Waals surface area contributed by atoms with Gasteiger partial charge >= 0.3 is 6.18 Å². The first-order valence-electron chi connectivity index (χ1n) is 10.8.